The summed E-state index contributed by atoms with van der Waals surface area (Å²) in [7, 11) is 5.10. The van der Waals surface area contributed by atoms with Gasteiger partial charge >= 0.3 is 5.97 Å². The van der Waals surface area contributed by atoms with Gasteiger partial charge in [-0.3, -0.25) is 9.88 Å². The Hall–Kier alpha value is -6.13. The molecule has 7 rings (SSSR count). The van der Waals surface area contributed by atoms with E-state index in [0.717, 1.165) is 49.8 Å². The van der Waals surface area contributed by atoms with E-state index in [9.17, 15) is 14.3 Å². The van der Waals surface area contributed by atoms with Crippen LogP contribution in [0.5, 0.6) is 23.1 Å². The van der Waals surface area contributed by atoms with Crippen molar-refractivity contribution in [1.82, 2.24) is 29.1 Å². The number of ether oxygens (including phenoxy) is 5. The second-order valence-corrected chi connectivity index (χ2v) is 16.1. The maximum Gasteiger partial charge on any atom is 0.345 e. The molecule has 0 bridgehead atoms. The number of methoxy groups -OCH3 is 2. The van der Waals surface area contributed by atoms with Crippen molar-refractivity contribution in [2.24, 2.45) is 0 Å². The maximum absolute atomic E-state index is 14.7. The number of hydrogen-bond acceptors (Lipinski definition) is 13. The first-order valence-corrected chi connectivity index (χ1v) is 21.4. The fourth-order valence-corrected chi connectivity index (χ4v) is 8.19. The topological polar surface area (TPSA) is 141 Å². The van der Waals surface area contributed by atoms with E-state index in [1.54, 1.807) is 50.7 Å². The Kier molecular flexibility index (Phi) is 14.5. The summed E-state index contributed by atoms with van der Waals surface area (Å²) in [6.45, 7) is 12.8. The summed E-state index contributed by atoms with van der Waals surface area (Å²) >= 11 is 8.18. The van der Waals surface area contributed by atoms with Gasteiger partial charge in [-0.2, -0.15) is 4.37 Å². The number of carboxylic acid groups (broad SMARTS) is 1. The fraction of sp³-hybridized carbons (Fsp3) is 0.298. The number of aromatic nitrogens is 4. The largest absolute Gasteiger partial charge is 0.496 e. The average Bonchev–Trinajstić information content (AvgIpc) is 3.71. The van der Waals surface area contributed by atoms with Gasteiger partial charge in [-0.05, 0) is 91.6 Å². The van der Waals surface area contributed by atoms with E-state index in [1.165, 1.54) is 13.2 Å². The van der Waals surface area contributed by atoms with E-state index in [1.807, 2.05) is 43.3 Å². The van der Waals surface area contributed by atoms with Crippen LogP contribution in [0.15, 0.2) is 97.0 Å². The molecule has 3 aromatic heterocycles. The Morgan fingerprint density at radius 3 is 2.54 bits per heavy atom. The number of carbonyl (C=O) groups is 1. The smallest absolute Gasteiger partial charge is 0.345 e. The number of hydrogen-bond donors (Lipinski definition) is 1. The van der Waals surface area contributed by atoms with E-state index in [4.69, 9.17) is 40.3 Å². The first kappa shape index (κ1) is 44.9. The summed E-state index contributed by atoms with van der Waals surface area (Å²) in [5.41, 5.74) is 4.77. The molecule has 1 fully saturated rings. The van der Waals surface area contributed by atoms with Crippen LogP contribution in [-0.4, -0.2) is 107 Å². The Labute approximate surface area is 374 Å². The monoisotopic (exact) mass is 894 g/mol. The molecular formula is C47H48ClFN6O7S. The van der Waals surface area contributed by atoms with Gasteiger partial charge in [0.1, 0.15) is 24.7 Å². The van der Waals surface area contributed by atoms with Crippen LogP contribution >= 0.6 is 23.1 Å². The van der Waals surface area contributed by atoms with Gasteiger partial charge in [-0.15, -0.1) is 0 Å². The molecule has 328 valence electrons. The highest BCUT2D eigenvalue weighted by Crippen LogP contribution is 2.46. The number of pyridine rings is 1. The predicted molar refractivity (Wildman–Crippen MR) is 242 cm³/mol. The molecule has 1 saturated heterocycles. The number of fused-ring (bicyclic) bond motifs is 1. The number of piperazine rings is 1. The third kappa shape index (κ3) is 10.2. The summed E-state index contributed by atoms with van der Waals surface area (Å²) in [6.07, 6.45) is 3.31. The van der Waals surface area contributed by atoms with E-state index in [0.29, 0.717) is 84.0 Å². The van der Waals surface area contributed by atoms with Crippen LogP contribution in [0.1, 0.15) is 24.6 Å². The first-order valence-electron chi connectivity index (χ1n) is 20.2. The number of halogens is 2. The highest BCUT2D eigenvalue weighted by molar-refractivity contribution is 7.13. The lowest BCUT2D eigenvalue weighted by Crippen LogP contribution is -2.45. The molecule has 16 heteroatoms. The Morgan fingerprint density at radius 1 is 1.02 bits per heavy atom. The normalized spacial score (nSPS) is 14.2. The van der Waals surface area contributed by atoms with Crippen molar-refractivity contribution >= 4 is 39.2 Å². The van der Waals surface area contributed by atoms with Crippen molar-refractivity contribution in [1.29, 1.82) is 0 Å². The molecule has 4 heterocycles. The number of likely N-dealkylation sites (N-methyl/N-ethyl adjacent to an activating group) is 1. The molecule has 0 spiro atoms. The molecule has 3 aromatic carbocycles. The minimum Gasteiger partial charge on any atom is -0.496 e. The molecule has 1 aliphatic rings. The molecule has 63 heavy (non-hydrogen) atoms. The number of rotatable bonds is 18. The van der Waals surface area contributed by atoms with Crippen molar-refractivity contribution in [3.63, 3.8) is 0 Å². The van der Waals surface area contributed by atoms with Gasteiger partial charge < -0.3 is 33.7 Å². The van der Waals surface area contributed by atoms with Crippen LogP contribution in [-0.2, 0) is 16.1 Å². The van der Waals surface area contributed by atoms with Crippen LogP contribution in [0.4, 0.5) is 4.39 Å². The third-order valence-electron chi connectivity index (χ3n) is 10.9. The summed E-state index contributed by atoms with van der Waals surface area (Å²) in [5, 5.41) is 11.5. The van der Waals surface area contributed by atoms with Crippen molar-refractivity contribution in [2.45, 2.75) is 33.0 Å². The standard InChI is InChI=1S/C47H48ClFN6O7S/c1-7-30(29(3)61-27-32-16-17-50-45(52-32)34-10-8-9-11-36(34)58-5)24-39(47(56)57)62-46-42-40(63-53-46)26-51-44(31-12-14-35(49)38(25-31)59-6)41(42)33-13-15-37(43(48)28(33)2)60-23-22-55-20-18-54(4)19-21-55/h7-17,25-26,39H,1,18-24,27H2,2-6H3,(H,56,57)/b30-29-/t39-/m1/s1. The molecule has 0 aliphatic carbocycles. The SMILES string of the molecule is C=C/C(C[C@@H](Oc1nsc2cnc(-c3ccc(F)c(OC)c3)c(-c3ccc(OCCN4CCN(C)CC4)c(Cl)c3C)c12)C(=O)O)=C(\C)OCc1ccnc(-c2ccccc2OC)n1. The quantitative estimate of drug-likeness (QED) is 0.0648. The lowest BCUT2D eigenvalue weighted by Gasteiger charge is -2.32. The third-order valence-corrected chi connectivity index (χ3v) is 12.2. The zero-order valence-electron chi connectivity index (χ0n) is 35.7. The van der Waals surface area contributed by atoms with E-state index in [2.05, 4.69) is 37.8 Å². The summed E-state index contributed by atoms with van der Waals surface area (Å²) in [5.74, 6) is 0.424. The van der Waals surface area contributed by atoms with Crippen LogP contribution in [0, 0.1) is 12.7 Å². The van der Waals surface area contributed by atoms with E-state index >= 15 is 0 Å². The molecule has 13 nitrogen and oxygen atoms in total. The number of para-hydroxylation sites is 1. The number of aliphatic carboxylic acids is 1. The molecular weight excluding hydrogens is 847 g/mol. The van der Waals surface area contributed by atoms with Crippen LogP contribution < -0.4 is 18.9 Å². The van der Waals surface area contributed by atoms with Crippen molar-refractivity contribution in [2.75, 3.05) is 60.6 Å². The second kappa shape index (κ2) is 20.4. The van der Waals surface area contributed by atoms with Crippen LogP contribution in [0.2, 0.25) is 5.02 Å². The average molecular weight is 895 g/mol. The summed E-state index contributed by atoms with van der Waals surface area (Å²) < 4.78 is 49.5. The molecule has 0 unspecified atom stereocenters. The first-order chi connectivity index (χ1) is 30.5. The van der Waals surface area contributed by atoms with Crippen molar-refractivity contribution in [3.8, 4) is 56.9 Å². The van der Waals surface area contributed by atoms with Gasteiger partial charge in [0.2, 0.25) is 12.0 Å². The predicted octanol–water partition coefficient (Wildman–Crippen LogP) is 9.13. The van der Waals surface area contributed by atoms with Gasteiger partial charge in [0.05, 0.1) is 52.0 Å². The molecule has 0 saturated carbocycles. The maximum atomic E-state index is 14.7. The van der Waals surface area contributed by atoms with Gasteiger partial charge in [0.15, 0.2) is 17.4 Å². The number of allylic oxidation sites excluding steroid dienone is 2. The van der Waals surface area contributed by atoms with Crippen LogP contribution in [0.3, 0.4) is 0 Å². The van der Waals surface area contributed by atoms with E-state index < -0.39 is 17.9 Å². The zero-order chi connectivity index (χ0) is 44.6. The Bertz CT molecular complexity index is 2650. The molecule has 0 amide bonds. The van der Waals surface area contributed by atoms with Crippen LogP contribution in [0.25, 0.3) is 43.9 Å². The van der Waals surface area contributed by atoms with Gasteiger partial charge in [-0.1, -0.05) is 42.5 Å². The molecule has 6 aromatic rings. The van der Waals surface area contributed by atoms with Crippen molar-refractivity contribution in [3.05, 3.63) is 119 Å². The van der Waals surface area contributed by atoms with Gasteiger partial charge in [-0.25, -0.2) is 19.2 Å². The molecule has 1 aliphatic heterocycles. The second-order valence-electron chi connectivity index (χ2n) is 14.9. The minimum atomic E-state index is -1.41. The lowest BCUT2D eigenvalue weighted by molar-refractivity contribution is -0.145. The Morgan fingerprint density at radius 2 is 1.79 bits per heavy atom. The number of benzene rings is 3. The zero-order valence-corrected chi connectivity index (χ0v) is 37.3. The Balaban J connectivity index is 1.20. The number of carboxylic acids is 1. The molecule has 1 atom stereocenters. The van der Waals surface area contributed by atoms with E-state index in [-0.39, 0.29) is 24.7 Å². The van der Waals surface area contributed by atoms with Gasteiger partial charge in [0, 0.05) is 62.7 Å². The summed E-state index contributed by atoms with van der Waals surface area (Å²) in [6, 6.07) is 17.4. The highest BCUT2D eigenvalue weighted by atomic mass is 35.5. The molecule has 1 N–H and O–H groups in total. The van der Waals surface area contributed by atoms with Crippen molar-refractivity contribution < 1.29 is 38.0 Å². The summed E-state index contributed by atoms with van der Waals surface area (Å²) in [4.78, 5) is 31.5. The minimum absolute atomic E-state index is 0.0305. The van der Waals surface area contributed by atoms with Gasteiger partial charge in [0.25, 0.3) is 0 Å². The lowest BCUT2D eigenvalue weighted by atomic mass is 9.93. The fourth-order valence-electron chi connectivity index (χ4n) is 7.27. The molecule has 0 radical (unpaired) electrons. The highest BCUT2D eigenvalue weighted by Gasteiger charge is 2.28. The number of nitrogens with zero attached hydrogens (tertiary/aromatic N) is 6.